The van der Waals surface area contributed by atoms with Crippen molar-refractivity contribution in [1.29, 1.82) is 0 Å². The van der Waals surface area contributed by atoms with Gasteiger partial charge in [0.15, 0.2) is 0 Å². The van der Waals surface area contributed by atoms with Crippen LogP contribution >= 0.6 is 27.5 Å². The summed E-state index contributed by atoms with van der Waals surface area (Å²) in [6.07, 6.45) is 0. The lowest BCUT2D eigenvalue weighted by molar-refractivity contribution is 0.672. The van der Waals surface area contributed by atoms with E-state index in [0.29, 0.717) is 0 Å². The first-order valence-electron chi connectivity index (χ1n) is 5.93. The van der Waals surface area contributed by atoms with Crippen LogP contribution in [0.15, 0.2) is 57.4 Å². The van der Waals surface area contributed by atoms with E-state index >= 15 is 0 Å². The minimum Gasteiger partial charge on any atom is -0.455 e. The van der Waals surface area contributed by atoms with Crippen LogP contribution in [-0.4, -0.2) is 0 Å². The van der Waals surface area contributed by atoms with Crippen LogP contribution < -0.4 is 0 Å². The number of hydrogen-bond donors (Lipinski definition) is 0. The summed E-state index contributed by atoms with van der Waals surface area (Å²) < 4.78 is 7.02. The second kappa shape index (κ2) is 3.99. The summed E-state index contributed by atoms with van der Waals surface area (Å²) in [6, 6.07) is 16.0. The second-order valence-electron chi connectivity index (χ2n) is 4.50. The molecule has 0 aliphatic rings. The Balaban J connectivity index is 2.37. The Morgan fingerprint density at radius 3 is 2.58 bits per heavy atom. The quantitative estimate of drug-likeness (QED) is 0.376. The molecule has 0 aliphatic heterocycles. The standard InChI is InChI=1S/C16H8BrClO/c17-12-6-3-5-9-11(12)8-13(18)15-10-4-1-2-7-14(10)19-16(9)15/h1-8H. The predicted octanol–water partition coefficient (Wildman–Crippen LogP) is 6.16. The third kappa shape index (κ3) is 1.54. The highest BCUT2D eigenvalue weighted by molar-refractivity contribution is 9.10. The van der Waals surface area contributed by atoms with Crippen LogP contribution in [0.2, 0.25) is 5.02 Å². The number of para-hydroxylation sites is 1. The normalized spacial score (nSPS) is 11.7. The van der Waals surface area contributed by atoms with Crippen molar-refractivity contribution in [1.82, 2.24) is 0 Å². The molecule has 0 saturated carbocycles. The fourth-order valence-electron chi connectivity index (χ4n) is 2.55. The van der Waals surface area contributed by atoms with Crippen LogP contribution in [0.3, 0.4) is 0 Å². The molecule has 0 atom stereocenters. The van der Waals surface area contributed by atoms with Crippen LogP contribution in [0.5, 0.6) is 0 Å². The zero-order valence-electron chi connectivity index (χ0n) is 9.78. The molecule has 0 N–H and O–H groups in total. The maximum absolute atomic E-state index is 6.45. The number of rotatable bonds is 0. The summed E-state index contributed by atoms with van der Waals surface area (Å²) in [5.41, 5.74) is 1.72. The highest BCUT2D eigenvalue weighted by atomic mass is 79.9. The molecule has 0 aliphatic carbocycles. The lowest BCUT2D eigenvalue weighted by atomic mass is 10.1. The number of furan rings is 1. The van der Waals surface area contributed by atoms with Gasteiger partial charge in [0.25, 0.3) is 0 Å². The maximum atomic E-state index is 6.45. The summed E-state index contributed by atoms with van der Waals surface area (Å²) in [5.74, 6) is 0. The largest absolute Gasteiger partial charge is 0.455 e. The first-order chi connectivity index (χ1) is 9.25. The first kappa shape index (κ1) is 11.3. The highest BCUT2D eigenvalue weighted by Gasteiger charge is 2.14. The van der Waals surface area contributed by atoms with E-state index in [1.54, 1.807) is 0 Å². The van der Waals surface area contributed by atoms with E-state index in [1.165, 1.54) is 0 Å². The first-order valence-corrected chi connectivity index (χ1v) is 7.11. The van der Waals surface area contributed by atoms with Crippen molar-refractivity contribution in [2.45, 2.75) is 0 Å². The molecule has 0 amide bonds. The maximum Gasteiger partial charge on any atom is 0.144 e. The predicted molar refractivity (Wildman–Crippen MR) is 83.9 cm³/mol. The van der Waals surface area contributed by atoms with Crippen LogP contribution in [-0.2, 0) is 0 Å². The zero-order valence-corrected chi connectivity index (χ0v) is 12.1. The molecular weight excluding hydrogens is 324 g/mol. The Hall–Kier alpha value is -1.51. The van der Waals surface area contributed by atoms with Crippen LogP contribution in [0.25, 0.3) is 32.7 Å². The van der Waals surface area contributed by atoms with Crippen molar-refractivity contribution in [2.75, 3.05) is 0 Å². The van der Waals surface area contributed by atoms with Gasteiger partial charge < -0.3 is 4.42 Å². The van der Waals surface area contributed by atoms with E-state index in [0.717, 1.165) is 42.2 Å². The van der Waals surface area contributed by atoms with Gasteiger partial charge in [0.1, 0.15) is 11.2 Å². The zero-order chi connectivity index (χ0) is 13.0. The van der Waals surface area contributed by atoms with Crippen molar-refractivity contribution in [3.05, 3.63) is 58.0 Å². The Morgan fingerprint density at radius 2 is 1.68 bits per heavy atom. The van der Waals surface area contributed by atoms with Gasteiger partial charge in [-0.1, -0.05) is 57.9 Å². The molecule has 3 heteroatoms. The molecule has 92 valence electrons. The van der Waals surface area contributed by atoms with Gasteiger partial charge >= 0.3 is 0 Å². The minimum atomic E-state index is 0.722. The fourth-order valence-corrected chi connectivity index (χ4v) is 3.33. The summed E-state index contributed by atoms with van der Waals surface area (Å²) in [7, 11) is 0. The third-order valence-corrected chi connectivity index (χ3v) is 4.39. The summed E-state index contributed by atoms with van der Waals surface area (Å²) >= 11 is 10.0. The smallest absolute Gasteiger partial charge is 0.144 e. The number of hydrogen-bond acceptors (Lipinski definition) is 1. The molecule has 0 fully saturated rings. The van der Waals surface area contributed by atoms with Gasteiger partial charge in [-0.2, -0.15) is 0 Å². The van der Waals surface area contributed by atoms with Crippen LogP contribution in [0.4, 0.5) is 0 Å². The molecular formula is C16H8BrClO. The van der Waals surface area contributed by atoms with E-state index in [9.17, 15) is 0 Å². The molecule has 19 heavy (non-hydrogen) atoms. The molecule has 0 unspecified atom stereocenters. The van der Waals surface area contributed by atoms with Crippen LogP contribution in [0, 0.1) is 0 Å². The van der Waals surface area contributed by atoms with Gasteiger partial charge in [0.05, 0.1) is 5.02 Å². The fraction of sp³-hybridized carbons (Fsp3) is 0. The molecule has 4 aromatic rings. The summed E-state index contributed by atoms with van der Waals surface area (Å²) in [4.78, 5) is 0. The molecule has 0 bridgehead atoms. The average molecular weight is 332 g/mol. The highest BCUT2D eigenvalue weighted by Crippen LogP contribution is 2.40. The Bertz CT molecular complexity index is 940. The topological polar surface area (TPSA) is 13.1 Å². The van der Waals surface area contributed by atoms with E-state index in [1.807, 2.05) is 42.5 Å². The van der Waals surface area contributed by atoms with E-state index in [2.05, 4.69) is 22.0 Å². The molecule has 0 saturated heterocycles. The van der Waals surface area contributed by atoms with Crippen molar-refractivity contribution >= 4 is 60.2 Å². The van der Waals surface area contributed by atoms with E-state index < -0.39 is 0 Å². The minimum absolute atomic E-state index is 0.722. The third-order valence-electron chi connectivity index (χ3n) is 3.40. The number of benzene rings is 3. The van der Waals surface area contributed by atoms with Gasteiger partial charge in [-0.05, 0) is 18.2 Å². The lowest BCUT2D eigenvalue weighted by Crippen LogP contribution is -1.77. The SMILES string of the molecule is Clc1cc2c(Br)cccc2c2oc3ccccc3c12. The second-order valence-corrected chi connectivity index (χ2v) is 5.76. The van der Waals surface area contributed by atoms with E-state index in [-0.39, 0.29) is 0 Å². The Labute approximate surface area is 122 Å². The molecule has 1 aromatic heterocycles. The average Bonchev–Trinajstić information content (AvgIpc) is 2.80. The summed E-state index contributed by atoms with van der Waals surface area (Å²) in [5, 5.41) is 4.91. The van der Waals surface area contributed by atoms with Gasteiger partial charge in [0.2, 0.25) is 0 Å². The molecule has 3 aromatic carbocycles. The monoisotopic (exact) mass is 330 g/mol. The molecule has 0 radical (unpaired) electrons. The Kier molecular flexibility index (Phi) is 2.38. The summed E-state index contributed by atoms with van der Waals surface area (Å²) in [6.45, 7) is 0. The van der Waals surface area contributed by atoms with Gasteiger partial charge in [-0.3, -0.25) is 0 Å². The number of fused-ring (bicyclic) bond motifs is 5. The van der Waals surface area contributed by atoms with Gasteiger partial charge in [0, 0.05) is 26.0 Å². The van der Waals surface area contributed by atoms with Gasteiger partial charge in [-0.15, -0.1) is 0 Å². The van der Waals surface area contributed by atoms with Crippen molar-refractivity contribution in [2.24, 2.45) is 0 Å². The van der Waals surface area contributed by atoms with Crippen molar-refractivity contribution in [3.63, 3.8) is 0 Å². The van der Waals surface area contributed by atoms with E-state index in [4.69, 9.17) is 16.0 Å². The van der Waals surface area contributed by atoms with Crippen LogP contribution in [0.1, 0.15) is 0 Å². The molecule has 1 heterocycles. The molecule has 1 nitrogen and oxygen atoms in total. The Morgan fingerprint density at radius 1 is 0.895 bits per heavy atom. The van der Waals surface area contributed by atoms with Crippen molar-refractivity contribution < 1.29 is 4.42 Å². The molecule has 0 spiro atoms. The number of halogens is 2. The van der Waals surface area contributed by atoms with Gasteiger partial charge in [-0.25, -0.2) is 0 Å². The molecule has 4 rings (SSSR count). The lowest BCUT2D eigenvalue weighted by Gasteiger charge is -2.03. The van der Waals surface area contributed by atoms with Crippen molar-refractivity contribution in [3.8, 4) is 0 Å².